The maximum absolute atomic E-state index is 12.6. The van der Waals surface area contributed by atoms with Crippen LogP contribution in [0.3, 0.4) is 0 Å². The third kappa shape index (κ3) is 6.40. The number of aliphatic hydroxyl groups is 1. The summed E-state index contributed by atoms with van der Waals surface area (Å²) in [5.74, 6) is -8.40. The lowest BCUT2D eigenvalue weighted by Crippen LogP contribution is -2.54. The average molecular weight is 386 g/mol. The first-order valence-corrected chi connectivity index (χ1v) is 8.85. The Morgan fingerprint density at radius 2 is 1.56 bits per heavy atom. The van der Waals surface area contributed by atoms with Gasteiger partial charge in [0.05, 0.1) is 18.4 Å². The van der Waals surface area contributed by atoms with Gasteiger partial charge in [0.25, 0.3) is 11.8 Å². The Bertz CT molecular complexity index is 598. The number of nitrogens with two attached hydrogens (primary N) is 1. The molecule has 1 unspecified atom stereocenters. The van der Waals surface area contributed by atoms with Crippen molar-refractivity contribution in [3.05, 3.63) is 0 Å². The molecule has 1 rings (SSSR count). The van der Waals surface area contributed by atoms with E-state index in [0.29, 0.717) is 12.8 Å². The van der Waals surface area contributed by atoms with Crippen molar-refractivity contribution in [2.45, 2.75) is 64.0 Å². The normalized spacial score (nSPS) is 18.2. The monoisotopic (exact) mass is 386 g/mol. The molecule has 0 aromatic heterocycles. The van der Waals surface area contributed by atoms with Crippen LogP contribution in [-0.4, -0.2) is 62.0 Å². The SMILES string of the molecule is C[C@H](N)C(=O)N(C(=O)C[C@H](CC(=O)O)C(=O)O)C(=O)C(O)C1CCCCC1. The van der Waals surface area contributed by atoms with Crippen LogP contribution >= 0.6 is 0 Å². The zero-order valence-corrected chi connectivity index (χ0v) is 15.2. The van der Waals surface area contributed by atoms with Crippen LogP contribution in [0.4, 0.5) is 0 Å². The fraction of sp³-hybridized carbons (Fsp3) is 0.706. The van der Waals surface area contributed by atoms with E-state index in [4.69, 9.17) is 15.9 Å². The minimum absolute atomic E-state index is 0.182. The standard InChI is InChI=1S/C17H26N2O8/c1-9(18)15(24)19(12(20)7-11(17(26)27)8-13(21)22)16(25)14(23)10-5-3-2-4-6-10/h9-11,14,23H,2-8,18H2,1H3,(H,21,22)(H,26,27)/t9-,11+,14?/m0/s1. The Balaban J connectivity index is 3.02. The first-order chi connectivity index (χ1) is 12.6. The van der Waals surface area contributed by atoms with Gasteiger partial charge in [0.15, 0.2) is 0 Å². The fourth-order valence-corrected chi connectivity index (χ4v) is 3.10. The molecule has 3 atom stereocenters. The molecule has 1 saturated carbocycles. The Kier molecular flexibility index (Phi) is 8.51. The average Bonchev–Trinajstić information content (AvgIpc) is 2.60. The van der Waals surface area contributed by atoms with Crippen molar-refractivity contribution in [2.24, 2.45) is 17.6 Å². The highest BCUT2D eigenvalue weighted by Crippen LogP contribution is 2.27. The summed E-state index contributed by atoms with van der Waals surface area (Å²) in [4.78, 5) is 59.5. The minimum Gasteiger partial charge on any atom is -0.481 e. The van der Waals surface area contributed by atoms with Crippen molar-refractivity contribution in [2.75, 3.05) is 0 Å². The number of hydrogen-bond donors (Lipinski definition) is 4. The van der Waals surface area contributed by atoms with Gasteiger partial charge in [0.2, 0.25) is 5.91 Å². The van der Waals surface area contributed by atoms with Crippen LogP contribution in [0.25, 0.3) is 0 Å². The fourth-order valence-electron chi connectivity index (χ4n) is 3.10. The van der Waals surface area contributed by atoms with Gasteiger partial charge in [0, 0.05) is 6.42 Å². The summed E-state index contributed by atoms with van der Waals surface area (Å²) in [6.07, 6.45) is 0.418. The van der Waals surface area contributed by atoms with Gasteiger partial charge >= 0.3 is 11.9 Å². The predicted octanol–water partition coefficient (Wildman–Crippen LogP) is -0.278. The van der Waals surface area contributed by atoms with Crippen molar-refractivity contribution in [3.8, 4) is 0 Å². The maximum atomic E-state index is 12.6. The third-order valence-corrected chi connectivity index (χ3v) is 4.62. The number of rotatable bonds is 8. The number of carbonyl (C=O) groups excluding carboxylic acids is 3. The molecule has 0 aromatic carbocycles. The highest BCUT2D eigenvalue weighted by atomic mass is 16.4. The van der Waals surface area contributed by atoms with Crippen LogP contribution in [0.15, 0.2) is 0 Å². The van der Waals surface area contributed by atoms with Crippen molar-refractivity contribution in [1.29, 1.82) is 0 Å². The van der Waals surface area contributed by atoms with Gasteiger partial charge in [-0.2, -0.15) is 0 Å². The molecule has 0 bridgehead atoms. The number of hydrogen-bond acceptors (Lipinski definition) is 7. The van der Waals surface area contributed by atoms with Gasteiger partial charge in [-0.05, 0) is 25.7 Å². The first-order valence-electron chi connectivity index (χ1n) is 8.85. The lowest BCUT2D eigenvalue weighted by Gasteiger charge is -2.30. The first kappa shape index (κ1) is 22.7. The molecule has 0 spiro atoms. The highest BCUT2D eigenvalue weighted by Gasteiger charge is 2.39. The van der Waals surface area contributed by atoms with E-state index in [0.717, 1.165) is 19.3 Å². The van der Waals surface area contributed by atoms with Crippen molar-refractivity contribution < 1.29 is 39.3 Å². The second-order valence-electron chi connectivity index (χ2n) is 6.87. The van der Waals surface area contributed by atoms with E-state index in [-0.39, 0.29) is 4.90 Å². The van der Waals surface area contributed by atoms with E-state index in [1.165, 1.54) is 6.92 Å². The van der Waals surface area contributed by atoms with Gasteiger partial charge < -0.3 is 21.1 Å². The molecular formula is C17H26N2O8. The minimum atomic E-state index is -1.61. The Morgan fingerprint density at radius 3 is 2.00 bits per heavy atom. The van der Waals surface area contributed by atoms with Crippen LogP contribution in [-0.2, 0) is 24.0 Å². The van der Waals surface area contributed by atoms with Crippen molar-refractivity contribution in [1.82, 2.24) is 4.90 Å². The van der Waals surface area contributed by atoms with E-state index < -0.39 is 66.5 Å². The number of carboxylic acids is 2. The summed E-state index contributed by atoms with van der Waals surface area (Å²) in [7, 11) is 0. The molecule has 152 valence electrons. The van der Waals surface area contributed by atoms with Crippen LogP contribution < -0.4 is 5.73 Å². The molecule has 0 heterocycles. The lowest BCUT2D eigenvalue weighted by molar-refractivity contribution is -0.162. The number of carboxylic acid groups (broad SMARTS) is 2. The van der Waals surface area contributed by atoms with Crippen LogP contribution in [0, 0.1) is 11.8 Å². The molecule has 1 fully saturated rings. The van der Waals surface area contributed by atoms with Gasteiger partial charge in [-0.1, -0.05) is 19.3 Å². The largest absolute Gasteiger partial charge is 0.481 e. The number of nitrogens with zero attached hydrogens (tertiary/aromatic N) is 1. The molecule has 1 aliphatic rings. The highest BCUT2D eigenvalue weighted by molar-refractivity contribution is 6.13. The zero-order chi connectivity index (χ0) is 20.7. The second kappa shape index (κ2) is 10.1. The summed E-state index contributed by atoms with van der Waals surface area (Å²) in [6, 6.07) is -1.24. The number of carbonyl (C=O) groups is 5. The van der Waals surface area contributed by atoms with Crippen molar-refractivity contribution >= 4 is 29.7 Å². The molecule has 1 aliphatic carbocycles. The third-order valence-electron chi connectivity index (χ3n) is 4.62. The van der Waals surface area contributed by atoms with E-state index in [9.17, 15) is 29.1 Å². The number of amides is 3. The van der Waals surface area contributed by atoms with Crippen LogP contribution in [0.1, 0.15) is 51.9 Å². The molecule has 0 aliphatic heterocycles. The zero-order valence-electron chi connectivity index (χ0n) is 15.2. The topological polar surface area (TPSA) is 175 Å². The van der Waals surface area contributed by atoms with Gasteiger partial charge in [-0.25, -0.2) is 4.90 Å². The Morgan fingerprint density at radius 1 is 1.00 bits per heavy atom. The summed E-state index contributed by atoms with van der Waals surface area (Å²) in [5.41, 5.74) is 5.47. The van der Waals surface area contributed by atoms with E-state index in [2.05, 4.69) is 0 Å². The number of imide groups is 3. The second-order valence-corrected chi connectivity index (χ2v) is 6.87. The lowest BCUT2D eigenvalue weighted by atomic mass is 9.84. The molecule has 10 nitrogen and oxygen atoms in total. The number of aliphatic carboxylic acids is 2. The molecule has 0 radical (unpaired) electrons. The maximum Gasteiger partial charge on any atom is 0.307 e. The molecule has 0 saturated heterocycles. The van der Waals surface area contributed by atoms with Crippen LogP contribution in [0.5, 0.6) is 0 Å². The molecule has 3 amide bonds. The Hall–Kier alpha value is -2.33. The molecule has 5 N–H and O–H groups in total. The molecule has 0 aromatic rings. The van der Waals surface area contributed by atoms with Gasteiger partial charge in [-0.15, -0.1) is 0 Å². The van der Waals surface area contributed by atoms with E-state index in [1.807, 2.05) is 0 Å². The molecular weight excluding hydrogens is 360 g/mol. The quantitative estimate of drug-likeness (QED) is 0.437. The van der Waals surface area contributed by atoms with Gasteiger partial charge in [-0.3, -0.25) is 24.0 Å². The predicted molar refractivity (Wildman–Crippen MR) is 91.1 cm³/mol. The van der Waals surface area contributed by atoms with Crippen LogP contribution in [0.2, 0.25) is 0 Å². The molecule has 10 heteroatoms. The summed E-state index contributed by atoms with van der Waals surface area (Å²) in [6.45, 7) is 1.24. The summed E-state index contributed by atoms with van der Waals surface area (Å²) < 4.78 is 0. The summed E-state index contributed by atoms with van der Waals surface area (Å²) >= 11 is 0. The smallest absolute Gasteiger partial charge is 0.307 e. The summed E-state index contributed by atoms with van der Waals surface area (Å²) in [5, 5.41) is 28.2. The molecule has 27 heavy (non-hydrogen) atoms. The Labute approximate surface area is 156 Å². The van der Waals surface area contributed by atoms with E-state index in [1.54, 1.807) is 0 Å². The van der Waals surface area contributed by atoms with E-state index >= 15 is 0 Å². The van der Waals surface area contributed by atoms with Gasteiger partial charge in [0.1, 0.15) is 6.10 Å². The number of aliphatic hydroxyl groups excluding tert-OH is 1. The van der Waals surface area contributed by atoms with Crippen molar-refractivity contribution in [3.63, 3.8) is 0 Å².